The Labute approximate surface area is 85.1 Å². The Balaban J connectivity index is 1.95. The lowest BCUT2D eigenvalue weighted by molar-refractivity contribution is -0.133. The highest BCUT2D eigenvalue weighted by molar-refractivity contribution is 6.05. The van der Waals surface area contributed by atoms with Crippen LogP contribution in [0.5, 0.6) is 0 Å². The largest absolute Gasteiger partial charge is 0.299 e. The molecule has 2 heteroatoms. The van der Waals surface area contributed by atoms with E-state index in [0.29, 0.717) is 0 Å². The fourth-order valence-corrected chi connectivity index (χ4v) is 2.12. The van der Waals surface area contributed by atoms with Crippen molar-refractivity contribution in [2.24, 2.45) is 23.2 Å². The van der Waals surface area contributed by atoms with Gasteiger partial charge in [0.2, 0.25) is 0 Å². The van der Waals surface area contributed by atoms with E-state index in [1.807, 2.05) is 0 Å². The Hall–Kier alpha value is -0.660. The van der Waals surface area contributed by atoms with Crippen molar-refractivity contribution in [3.8, 4) is 0 Å². The molecular weight excluding hydrogens is 176 g/mol. The standard InChI is InChI=1S/C12H18O2/c1-7(10(13)8-4-5-8)11(14)9-6-12(9,2)3/h7-9H,4-6H2,1-3H3. The van der Waals surface area contributed by atoms with Gasteiger partial charge in [0.15, 0.2) is 0 Å². The first-order chi connectivity index (χ1) is 6.43. The lowest BCUT2D eigenvalue weighted by Gasteiger charge is -2.09. The van der Waals surface area contributed by atoms with Crippen LogP contribution < -0.4 is 0 Å². The second-order valence-electron chi connectivity index (χ2n) is 5.55. The summed E-state index contributed by atoms with van der Waals surface area (Å²) in [6.45, 7) is 5.99. The lowest BCUT2D eigenvalue weighted by Crippen LogP contribution is -2.25. The molecule has 14 heavy (non-hydrogen) atoms. The molecule has 0 bridgehead atoms. The summed E-state index contributed by atoms with van der Waals surface area (Å²) in [5.74, 6) is 0.412. The monoisotopic (exact) mass is 194 g/mol. The zero-order valence-electron chi connectivity index (χ0n) is 9.17. The van der Waals surface area contributed by atoms with Gasteiger partial charge in [0, 0.05) is 11.8 Å². The summed E-state index contributed by atoms with van der Waals surface area (Å²) in [7, 11) is 0. The second kappa shape index (κ2) is 2.91. The smallest absolute Gasteiger partial charge is 0.146 e. The van der Waals surface area contributed by atoms with E-state index in [-0.39, 0.29) is 34.7 Å². The van der Waals surface area contributed by atoms with Gasteiger partial charge >= 0.3 is 0 Å². The molecule has 0 aliphatic heterocycles. The van der Waals surface area contributed by atoms with Crippen molar-refractivity contribution in [3.05, 3.63) is 0 Å². The van der Waals surface area contributed by atoms with Gasteiger partial charge in [-0.1, -0.05) is 13.8 Å². The predicted octanol–water partition coefficient (Wildman–Crippen LogP) is 2.22. The van der Waals surface area contributed by atoms with Crippen molar-refractivity contribution < 1.29 is 9.59 Å². The molecule has 2 atom stereocenters. The van der Waals surface area contributed by atoms with Crippen molar-refractivity contribution in [1.29, 1.82) is 0 Å². The molecule has 2 unspecified atom stereocenters. The Kier molecular flexibility index (Phi) is 2.06. The molecule has 0 heterocycles. The number of ketones is 2. The van der Waals surface area contributed by atoms with E-state index < -0.39 is 0 Å². The molecule has 0 aromatic heterocycles. The molecule has 0 spiro atoms. The molecule has 78 valence electrons. The zero-order valence-corrected chi connectivity index (χ0v) is 9.17. The molecule has 2 rings (SSSR count). The summed E-state index contributed by atoms with van der Waals surface area (Å²) < 4.78 is 0. The van der Waals surface area contributed by atoms with E-state index in [0.717, 1.165) is 19.3 Å². The van der Waals surface area contributed by atoms with Gasteiger partial charge in [-0.05, 0) is 31.6 Å². The van der Waals surface area contributed by atoms with E-state index in [4.69, 9.17) is 0 Å². The van der Waals surface area contributed by atoms with Crippen LogP contribution in [0.25, 0.3) is 0 Å². The highest BCUT2D eigenvalue weighted by Crippen LogP contribution is 2.53. The van der Waals surface area contributed by atoms with Gasteiger partial charge < -0.3 is 0 Å². The summed E-state index contributed by atoms with van der Waals surface area (Å²) in [4.78, 5) is 23.5. The van der Waals surface area contributed by atoms with Gasteiger partial charge in [-0.3, -0.25) is 9.59 Å². The molecule has 0 amide bonds. The number of carbonyl (C=O) groups is 2. The summed E-state index contributed by atoms with van der Waals surface area (Å²) in [6.07, 6.45) is 2.98. The molecule has 2 nitrogen and oxygen atoms in total. The number of rotatable bonds is 4. The van der Waals surface area contributed by atoms with Crippen molar-refractivity contribution in [3.63, 3.8) is 0 Å². The third-order valence-electron chi connectivity index (χ3n) is 3.69. The molecule has 0 N–H and O–H groups in total. The molecule has 2 aliphatic rings. The fourth-order valence-electron chi connectivity index (χ4n) is 2.12. The first-order valence-corrected chi connectivity index (χ1v) is 5.51. The number of Topliss-reactive ketones (excluding diaryl/α,β-unsaturated/α-hetero) is 2. The average molecular weight is 194 g/mol. The van der Waals surface area contributed by atoms with Gasteiger partial charge in [0.1, 0.15) is 11.6 Å². The quantitative estimate of drug-likeness (QED) is 0.643. The molecule has 0 radical (unpaired) electrons. The van der Waals surface area contributed by atoms with Crippen LogP contribution in [0.3, 0.4) is 0 Å². The molecule has 0 aromatic carbocycles. The van der Waals surface area contributed by atoms with E-state index >= 15 is 0 Å². The molecule has 2 fully saturated rings. The highest BCUT2D eigenvalue weighted by atomic mass is 16.2. The molecular formula is C12H18O2. The van der Waals surface area contributed by atoms with Crippen LogP contribution in [0.4, 0.5) is 0 Å². The van der Waals surface area contributed by atoms with E-state index in [1.165, 1.54) is 0 Å². The minimum atomic E-state index is -0.339. The summed E-state index contributed by atoms with van der Waals surface area (Å²) in [5.41, 5.74) is 0.162. The Morgan fingerprint density at radius 3 is 2.07 bits per heavy atom. The third kappa shape index (κ3) is 1.62. The van der Waals surface area contributed by atoms with E-state index in [2.05, 4.69) is 13.8 Å². The number of hydrogen-bond donors (Lipinski definition) is 0. The van der Waals surface area contributed by atoms with E-state index in [1.54, 1.807) is 6.92 Å². The van der Waals surface area contributed by atoms with Gasteiger partial charge in [0.25, 0.3) is 0 Å². The Morgan fingerprint density at radius 2 is 1.71 bits per heavy atom. The van der Waals surface area contributed by atoms with Crippen molar-refractivity contribution >= 4 is 11.6 Å². The SMILES string of the molecule is CC(C(=O)C1CC1)C(=O)C1CC1(C)C. The zero-order chi connectivity index (χ0) is 10.5. The maximum Gasteiger partial charge on any atom is 0.146 e. The first kappa shape index (κ1) is 9.88. The molecule has 0 aromatic rings. The van der Waals surface area contributed by atoms with Crippen molar-refractivity contribution in [1.82, 2.24) is 0 Å². The van der Waals surface area contributed by atoms with Gasteiger partial charge in [-0.2, -0.15) is 0 Å². The summed E-state index contributed by atoms with van der Waals surface area (Å²) in [5, 5.41) is 0. The van der Waals surface area contributed by atoms with Crippen molar-refractivity contribution in [2.75, 3.05) is 0 Å². The van der Waals surface area contributed by atoms with Crippen LogP contribution in [0.15, 0.2) is 0 Å². The predicted molar refractivity (Wildman–Crippen MR) is 53.8 cm³/mol. The van der Waals surface area contributed by atoms with Crippen LogP contribution in [0, 0.1) is 23.2 Å². The van der Waals surface area contributed by atoms with Gasteiger partial charge in [-0.25, -0.2) is 0 Å². The average Bonchev–Trinajstić information content (AvgIpc) is 2.97. The van der Waals surface area contributed by atoms with Crippen LogP contribution >= 0.6 is 0 Å². The topological polar surface area (TPSA) is 34.1 Å². The maximum atomic E-state index is 11.9. The second-order valence-corrected chi connectivity index (χ2v) is 5.55. The van der Waals surface area contributed by atoms with Crippen LogP contribution in [-0.4, -0.2) is 11.6 Å². The highest BCUT2D eigenvalue weighted by Gasteiger charge is 2.52. The lowest BCUT2D eigenvalue weighted by atomic mass is 9.92. The normalized spacial score (nSPS) is 30.9. The molecule has 0 saturated heterocycles. The van der Waals surface area contributed by atoms with Crippen molar-refractivity contribution in [2.45, 2.75) is 40.0 Å². The fraction of sp³-hybridized carbons (Fsp3) is 0.833. The first-order valence-electron chi connectivity index (χ1n) is 5.51. The van der Waals surface area contributed by atoms with Crippen LogP contribution in [0.1, 0.15) is 40.0 Å². The Morgan fingerprint density at radius 1 is 1.21 bits per heavy atom. The van der Waals surface area contributed by atoms with Gasteiger partial charge in [-0.15, -0.1) is 0 Å². The van der Waals surface area contributed by atoms with Gasteiger partial charge in [0.05, 0.1) is 5.92 Å². The Bertz CT molecular complexity index is 287. The maximum absolute atomic E-state index is 11.9. The number of carbonyl (C=O) groups excluding carboxylic acids is 2. The molecule has 2 saturated carbocycles. The molecule has 2 aliphatic carbocycles. The summed E-state index contributed by atoms with van der Waals surface area (Å²) >= 11 is 0. The minimum absolute atomic E-state index is 0.153. The summed E-state index contributed by atoms with van der Waals surface area (Å²) in [6, 6.07) is 0. The minimum Gasteiger partial charge on any atom is -0.299 e. The van der Waals surface area contributed by atoms with Crippen LogP contribution in [-0.2, 0) is 9.59 Å². The number of hydrogen-bond acceptors (Lipinski definition) is 2. The third-order valence-corrected chi connectivity index (χ3v) is 3.69. The van der Waals surface area contributed by atoms with E-state index in [9.17, 15) is 9.59 Å². The van der Waals surface area contributed by atoms with Crippen LogP contribution in [0.2, 0.25) is 0 Å².